The third-order valence-electron chi connectivity index (χ3n) is 2.90. The maximum atomic E-state index is 13.0. The molecule has 0 heterocycles. The van der Waals surface area contributed by atoms with Crippen LogP contribution in [0.4, 0.5) is 17.6 Å². The van der Waals surface area contributed by atoms with Crippen molar-refractivity contribution < 1.29 is 17.6 Å². The van der Waals surface area contributed by atoms with Gasteiger partial charge >= 0.3 is 0 Å². The van der Waals surface area contributed by atoms with Gasteiger partial charge in [-0.25, -0.2) is 17.6 Å². The summed E-state index contributed by atoms with van der Waals surface area (Å²) in [5.41, 5.74) is 6.83. The Morgan fingerprint density at radius 1 is 0.750 bits per heavy atom. The molecule has 0 aliphatic carbocycles. The van der Waals surface area contributed by atoms with Crippen LogP contribution in [0.15, 0.2) is 36.4 Å². The molecule has 0 saturated carbocycles. The first-order valence-electron chi connectivity index (χ1n) is 6.08. The number of rotatable bonds is 4. The zero-order valence-corrected chi connectivity index (χ0v) is 10.5. The van der Waals surface area contributed by atoms with E-state index in [-0.39, 0.29) is 12.8 Å². The van der Waals surface area contributed by atoms with Crippen molar-refractivity contribution >= 4 is 0 Å². The first kappa shape index (κ1) is 14.5. The Morgan fingerprint density at radius 3 is 1.95 bits per heavy atom. The first-order valence-corrected chi connectivity index (χ1v) is 6.08. The van der Waals surface area contributed by atoms with Crippen molar-refractivity contribution in [1.29, 1.82) is 0 Å². The van der Waals surface area contributed by atoms with Crippen LogP contribution in [0.1, 0.15) is 11.1 Å². The average molecular weight is 283 g/mol. The minimum Gasteiger partial charge on any atom is -0.327 e. The van der Waals surface area contributed by atoms with Crippen molar-refractivity contribution in [3.05, 3.63) is 70.8 Å². The lowest BCUT2D eigenvalue weighted by atomic mass is 9.99. The monoisotopic (exact) mass is 283 g/mol. The van der Waals surface area contributed by atoms with Gasteiger partial charge in [0, 0.05) is 12.1 Å². The van der Waals surface area contributed by atoms with Gasteiger partial charge in [-0.3, -0.25) is 0 Å². The molecule has 0 aliphatic heterocycles. The van der Waals surface area contributed by atoms with Gasteiger partial charge < -0.3 is 5.73 Å². The van der Waals surface area contributed by atoms with Crippen molar-refractivity contribution in [2.24, 2.45) is 5.73 Å². The number of benzene rings is 2. The molecule has 1 unspecified atom stereocenters. The Bertz CT molecular complexity index is 593. The maximum absolute atomic E-state index is 13.0. The molecule has 0 aliphatic rings. The van der Waals surface area contributed by atoms with Gasteiger partial charge in [-0.2, -0.15) is 0 Å². The SMILES string of the molecule is NC(Cc1cc(F)cc(F)c1)Cc1ccc(F)c(F)c1. The highest BCUT2D eigenvalue weighted by Gasteiger charge is 2.10. The lowest BCUT2D eigenvalue weighted by molar-refractivity contribution is 0.506. The van der Waals surface area contributed by atoms with Crippen LogP contribution in [0.2, 0.25) is 0 Å². The summed E-state index contributed by atoms with van der Waals surface area (Å²) >= 11 is 0. The molecular weight excluding hydrogens is 270 g/mol. The molecule has 20 heavy (non-hydrogen) atoms. The zero-order chi connectivity index (χ0) is 14.7. The second kappa shape index (κ2) is 6.05. The summed E-state index contributed by atoms with van der Waals surface area (Å²) in [6.45, 7) is 0. The van der Waals surface area contributed by atoms with E-state index in [1.54, 1.807) is 0 Å². The smallest absolute Gasteiger partial charge is 0.159 e. The molecule has 0 saturated heterocycles. The summed E-state index contributed by atoms with van der Waals surface area (Å²) < 4.78 is 51.9. The molecule has 0 bridgehead atoms. The number of nitrogens with two attached hydrogens (primary N) is 1. The van der Waals surface area contributed by atoms with Gasteiger partial charge in [-0.1, -0.05) is 6.07 Å². The lowest BCUT2D eigenvalue weighted by Crippen LogP contribution is -2.25. The molecule has 0 fully saturated rings. The summed E-state index contributed by atoms with van der Waals surface area (Å²) in [6, 6.07) is 6.28. The van der Waals surface area contributed by atoms with E-state index in [1.807, 2.05) is 0 Å². The van der Waals surface area contributed by atoms with Crippen molar-refractivity contribution in [3.8, 4) is 0 Å². The van der Waals surface area contributed by atoms with Crippen molar-refractivity contribution in [2.45, 2.75) is 18.9 Å². The summed E-state index contributed by atoms with van der Waals surface area (Å²) in [5.74, 6) is -3.19. The topological polar surface area (TPSA) is 26.0 Å². The Hall–Kier alpha value is -1.88. The van der Waals surface area contributed by atoms with Crippen LogP contribution in [0.5, 0.6) is 0 Å². The summed E-state index contributed by atoms with van der Waals surface area (Å²) in [7, 11) is 0. The highest BCUT2D eigenvalue weighted by Crippen LogP contribution is 2.14. The van der Waals surface area contributed by atoms with Crippen LogP contribution in [0.25, 0.3) is 0 Å². The van der Waals surface area contributed by atoms with Gasteiger partial charge in [0.2, 0.25) is 0 Å². The molecule has 2 aromatic carbocycles. The van der Waals surface area contributed by atoms with E-state index < -0.39 is 29.3 Å². The van der Waals surface area contributed by atoms with E-state index in [4.69, 9.17) is 5.73 Å². The van der Waals surface area contributed by atoms with E-state index in [9.17, 15) is 17.6 Å². The van der Waals surface area contributed by atoms with Crippen LogP contribution in [-0.4, -0.2) is 6.04 Å². The molecule has 106 valence electrons. The molecule has 0 spiro atoms. The third kappa shape index (κ3) is 3.81. The van der Waals surface area contributed by atoms with Crippen LogP contribution in [-0.2, 0) is 12.8 Å². The summed E-state index contributed by atoms with van der Waals surface area (Å²) in [5, 5.41) is 0. The fraction of sp³-hybridized carbons (Fsp3) is 0.200. The van der Waals surface area contributed by atoms with E-state index in [0.29, 0.717) is 11.1 Å². The molecule has 2 rings (SSSR count). The minimum absolute atomic E-state index is 0.244. The Labute approximate surface area is 114 Å². The number of halogens is 4. The zero-order valence-electron chi connectivity index (χ0n) is 10.5. The highest BCUT2D eigenvalue weighted by molar-refractivity contribution is 5.22. The van der Waals surface area contributed by atoms with Gasteiger partial charge in [0.25, 0.3) is 0 Å². The van der Waals surface area contributed by atoms with Crippen LogP contribution in [0, 0.1) is 23.3 Å². The number of hydrogen-bond acceptors (Lipinski definition) is 1. The first-order chi connectivity index (χ1) is 9.44. The average Bonchev–Trinajstić information content (AvgIpc) is 2.32. The standard InChI is InChI=1S/C15H13F4N/c16-11-3-10(4-12(17)8-11)6-13(20)5-9-1-2-14(18)15(19)7-9/h1-4,7-8,13H,5-6,20H2. The summed E-state index contributed by atoms with van der Waals surface area (Å²) in [4.78, 5) is 0. The number of hydrogen-bond donors (Lipinski definition) is 1. The van der Waals surface area contributed by atoms with Gasteiger partial charge in [0.15, 0.2) is 11.6 Å². The highest BCUT2D eigenvalue weighted by atomic mass is 19.2. The fourth-order valence-electron chi connectivity index (χ4n) is 2.07. The molecule has 0 aromatic heterocycles. The van der Waals surface area contributed by atoms with E-state index >= 15 is 0 Å². The maximum Gasteiger partial charge on any atom is 0.159 e. The van der Waals surface area contributed by atoms with Gasteiger partial charge in [0.05, 0.1) is 0 Å². The molecule has 1 atom stereocenters. The van der Waals surface area contributed by atoms with Crippen molar-refractivity contribution in [3.63, 3.8) is 0 Å². The predicted molar refractivity (Wildman–Crippen MR) is 68.1 cm³/mol. The quantitative estimate of drug-likeness (QED) is 0.856. The van der Waals surface area contributed by atoms with Gasteiger partial charge in [-0.15, -0.1) is 0 Å². The Balaban J connectivity index is 2.04. The van der Waals surface area contributed by atoms with E-state index in [2.05, 4.69) is 0 Å². The van der Waals surface area contributed by atoms with Crippen molar-refractivity contribution in [2.75, 3.05) is 0 Å². The van der Waals surface area contributed by atoms with E-state index in [1.165, 1.54) is 18.2 Å². The largest absolute Gasteiger partial charge is 0.327 e. The summed E-state index contributed by atoms with van der Waals surface area (Å²) in [6.07, 6.45) is 0.531. The molecule has 2 aromatic rings. The normalized spacial score (nSPS) is 12.4. The van der Waals surface area contributed by atoms with Crippen LogP contribution in [0.3, 0.4) is 0 Å². The molecule has 5 heteroatoms. The van der Waals surface area contributed by atoms with Crippen molar-refractivity contribution in [1.82, 2.24) is 0 Å². The van der Waals surface area contributed by atoms with E-state index in [0.717, 1.165) is 18.2 Å². The second-order valence-corrected chi connectivity index (χ2v) is 4.69. The fourth-order valence-corrected chi connectivity index (χ4v) is 2.07. The Morgan fingerprint density at radius 2 is 1.35 bits per heavy atom. The predicted octanol–water partition coefficient (Wildman–Crippen LogP) is 3.36. The van der Waals surface area contributed by atoms with Gasteiger partial charge in [-0.05, 0) is 48.2 Å². The molecule has 0 amide bonds. The lowest BCUT2D eigenvalue weighted by Gasteiger charge is -2.12. The second-order valence-electron chi connectivity index (χ2n) is 4.69. The molecule has 1 nitrogen and oxygen atoms in total. The third-order valence-corrected chi connectivity index (χ3v) is 2.90. The molecule has 2 N–H and O–H groups in total. The molecular formula is C15H13F4N. The van der Waals surface area contributed by atoms with Crippen LogP contribution < -0.4 is 5.73 Å². The minimum atomic E-state index is -0.938. The molecule has 0 radical (unpaired) electrons. The van der Waals surface area contributed by atoms with Crippen LogP contribution >= 0.6 is 0 Å². The Kier molecular flexibility index (Phi) is 4.39. The van der Waals surface area contributed by atoms with Gasteiger partial charge in [0.1, 0.15) is 11.6 Å².